The Morgan fingerprint density at radius 1 is 1.26 bits per heavy atom. The highest BCUT2D eigenvalue weighted by Gasteiger charge is 2.47. The van der Waals surface area contributed by atoms with Crippen molar-refractivity contribution in [3.63, 3.8) is 0 Å². The van der Waals surface area contributed by atoms with Crippen LogP contribution >= 0.6 is 0 Å². The number of carboxylic acids is 1. The van der Waals surface area contributed by atoms with Gasteiger partial charge in [-0.25, -0.2) is 4.79 Å². The van der Waals surface area contributed by atoms with Crippen LogP contribution in [0, 0.1) is 11.3 Å². The van der Waals surface area contributed by atoms with E-state index in [1.54, 1.807) is 4.90 Å². The van der Waals surface area contributed by atoms with Gasteiger partial charge >= 0.3 is 5.97 Å². The quantitative estimate of drug-likeness (QED) is 0.852. The number of nitrogens with zero attached hydrogens (tertiary/aromatic N) is 1. The lowest BCUT2D eigenvalue weighted by Crippen LogP contribution is -2.48. The molecule has 1 aliphatic heterocycles. The van der Waals surface area contributed by atoms with Crippen LogP contribution in [0.2, 0.25) is 0 Å². The average Bonchev–Trinajstić information content (AvgIpc) is 2.95. The van der Waals surface area contributed by atoms with E-state index in [0.717, 1.165) is 38.5 Å². The highest BCUT2D eigenvalue weighted by Crippen LogP contribution is 2.45. The molecule has 0 unspecified atom stereocenters. The predicted octanol–water partition coefficient (Wildman–Crippen LogP) is 2.67. The van der Waals surface area contributed by atoms with Gasteiger partial charge in [0.1, 0.15) is 6.04 Å². The number of carboxylic acid groups (broad SMARTS) is 1. The number of carbonyl (C=O) groups is 2. The second-order valence-electron chi connectivity index (χ2n) is 6.58. The summed E-state index contributed by atoms with van der Waals surface area (Å²) < 4.78 is 0. The van der Waals surface area contributed by atoms with E-state index in [-0.39, 0.29) is 11.3 Å². The molecule has 0 radical (unpaired) electrons. The van der Waals surface area contributed by atoms with Crippen LogP contribution in [0.5, 0.6) is 0 Å². The molecular formula is C15H25NO3. The molecule has 0 spiro atoms. The fourth-order valence-corrected chi connectivity index (χ4v) is 3.91. The number of likely N-dealkylation sites (tertiary alicyclic amines) is 1. The van der Waals surface area contributed by atoms with Gasteiger partial charge in [-0.15, -0.1) is 0 Å². The standard InChI is InChI=1S/C15H25NO3/c1-11(2)10-15(7-3-4-8-15)14(19)16-9-5-6-12(16)13(17)18/h11-12H,3-10H2,1-2H3,(H,17,18)/t12-/m1/s1. The van der Waals surface area contributed by atoms with Gasteiger partial charge in [-0.05, 0) is 38.0 Å². The van der Waals surface area contributed by atoms with Gasteiger partial charge in [0.2, 0.25) is 5.91 Å². The van der Waals surface area contributed by atoms with Crippen molar-refractivity contribution in [2.45, 2.75) is 64.8 Å². The van der Waals surface area contributed by atoms with Gasteiger partial charge in [-0.2, -0.15) is 0 Å². The van der Waals surface area contributed by atoms with Crippen molar-refractivity contribution < 1.29 is 14.7 Å². The highest BCUT2D eigenvalue weighted by molar-refractivity contribution is 5.88. The molecule has 1 amide bonds. The minimum absolute atomic E-state index is 0.114. The summed E-state index contributed by atoms with van der Waals surface area (Å²) in [5.74, 6) is -0.250. The second kappa shape index (κ2) is 5.51. The van der Waals surface area contributed by atoms with Gasteiger partial charge in [-0.3, -0.25) is 4.79 Å². The number of hydrogen-bond donors (Lipinski definition) is 1. The van der Waals surface area contributed by atoms with Gasteiger partial charge < -0.3 is 10.0 Å². The first-order valence-corrected chi connectivity index (χ1v) is 7.50. The first-order valence-electron chi connectivity index (χ1n) is 7.50. The topological polar surface area (TPSA) is 57.6 Å². The Morgan fingerprint density at radius 2 is 1.89 bits per heavy atom. The number of amides is 1. The summed E-state index contributed by atoms with van der Waals surface area (Å²) in [7, 11) is 0. The van der Waals surface area contributed by atoms with Gasteiger partial charge in [0.15, 0.2) is 0 Å². The molecule has 1 atom stereocenters. The molecule has 1 aliphatic carbocycles. The van der Waals surface area contributed by atoms with Crippen LogP contribution in [-0.2, 0) is 9.59 Å². The van der Waals surface area contributed by atoms with Crippen molar-refractivity contribution in [2.75, 3.05) is 6.54 Å². The van der Waals surface area contributed by atoms with Gasteiger partial charge in [0, 0.05) is 12.0 Å². The maximum absolute atomic E-state index is 12.9. The van der Waals surface area contributed by atoms with Crippen molar-refractivity contribution >= 4 is 11.9 Å². The molecule has 1 saturated heterocycles. The van der Waals surface area contributed by atoms with Gasteiger partial charge in [0.05, 0.1) is 0 Å². The van der Waals surface area contributed by atoms with Crippen molar-refractivity contribution in [1.82, 2.24) is 4.90 Å². The molecule has 1 saturated carbocycles. The Balaban J connectivity index is 2.17. The molecule has 108 valence electrons. The monoisotopic (exact) mass is 267 g/mol. The Labute approximate surface area is 115 Å². The third kappa shape index (κ3) is 2.77. The summed E-state index contributed by atoms with van der Waals surface area (Å²) in [5.41, 5.74) is -0.272. The lowest BCUT2D eigenvalue weighted by molar-refractivity contribution is -0.153. The summed E-state index contributed by atoms with van der Waals surface area (Å²) in [6.45, 7) is 4.91. The first-order chi connectivity index (χ1) is 8.96. The molecule has 2 fully saturated rings. The molecule has 19 heavy (non-hydrogen) atoms. The Bertz CT molecular complexity index is 358. The molecule has 2 aliphatic rings. The molecule has 2 rings (SSSR count). The van der Waals surface area contributed by atoms with Crippen LogP contribution in [0.1, 0.15) is 58.8 Å². The van der Waals surface area contributed by atoms with Crippen molar-refractivity contribution in [3.05, 3.63) is 0 Å². The molecule has 4 heteroatoms. The zero-order chi connectivity index (χ0) is 14.0. The maximum Gasteiger partial charge on any atom is 0.326 e. The Morgan fingerprint density at radius 3 is 2.42 bits per heavy atom. The summed E-state index contributed by atoms with van der Waals surface area (Å²) in [6, 6.07) is -0.586. The predicted molar refractivity (Wildman–Crippen MR) is 72.7 cm³/mol. The van der Waals surface area contributed by atoms with E-state index in [1.165, 1.54) is 0 Å². The molecule has 4 nitrogen and oxygen atoms in total. The highest BCUT2D eigenvalue weighted by atomic mass is 16.4. The third-order valence-corrected chi connectivity index (χ3v) is 4.61. The summed E-state index contributed by atoms with van der Waals surface area (Å²) in [5, 5.41) is 9.25. The molecule has 1 heterocycles. The van der Waals surface area contributed by atoms with Crippen molar-refractivity contribution in [2.24, 2.45) is 11.3 Å². The smallest absolute Gasteiger partial charge is 0.326 e. The Hall–Kier alpha value is -1.06. The molecule has 1 N–H and O–H groups in total. The van der Waals surface area contributed by atoms with Crippen molar-refractivity contribution in [1.29, 1.82) is 0 Å². The normalized spacial score (nSPS) is 26.1. The zero-order valence-corrected chi connectivity index (χ0v) is 12.0. The third-order valence-electron chi connectivity index (χ3n) is 4.61. The minimum Gasteiger partial charge on any atom is -0.480 e. The van der Waals surface area contributed by atoms with Crippen LogP contribution in [0.25, 0.3) is 0 Å². The van der Waals surface area contributed by atoms with Crippen LogP contribution in [0.3, 0.4) is 0 Å². The molecule has 0 bridgehead atoms. The number of aliphatic carboxylic acids is 1. The van der Waals surface area contributed by atoms with Gasteiger partial charge in [-0.1, -0.05) is 26.7 Å². The van der Waals surface area contributed by atoms with E-state index < -0.39 is 12.0 Å². The van der Waals surface area contributed by atoms with Crippen LogP contribution in [-0.4, -0.2) is 34.5 Å². The van der Waals surface area contributed by atoms with E-state index in [2.05, 4.69) is 13.8 Å². The zero-order valence-electron chi connectivity index (χ0n) is 12.0. The first kappa shape index (κ1) is 14.4. The molecular weight excluding hydrogens is 242 g/mol. The molecule has 0 aromatic rings. The summed E-state index contributed by atoms with van der Waals surface area (Å²) in [4.78, 5) is 25.8. The van der Waals surface area contributed by atoms with E-state index in [0.29, 0.717) is 18.9 Å². The van der Waals surface area contributed by atoms with E-state index in [9.17, 15) is 14.7 Å². The number of hydrogen-bond acceptors (Lipinski definition) is 2. The maximum atomic E-state index is 12.9. The van der Waals surface area contributed by atoms with Crippen LogP contribution < -0.4 is 0 Å². The number of carbonyl (C=O) groups excluding carboxylic acids is 1. The largest absolute Gasteiger partial charge is 0.480 e. The lowest BCUT2D eigenvalue weighted by atomic mass is 9.77. The van der Waals surface area contributed by atoms with E-state index >= 15 is 0 Å². The van der Waals surface area contributed by atoms with Crippen molar-refractivity contribution in [3.8, 4) is 0 Å². The van der Waals surface area contributed by atoms with Gasteiger partial charge in [0.25, 0.3) is 0 Å². The molecule has 0 aromatic carbocycles. The SMILES string of the molecule is CC(C)CC1(C(=O)N2CCC[C@@H]2C(=O)O)CCCC1. The second-order valence-corrected chi connectivity index (χ2v) is 6.58. The average molecular weight is 267 g/mol. The van der Waals surface area contributed by atoms with Crippen LogP contribution in [0.4, 0.5) is 0 Å². The van der Waals surface area contributed by atoms with E-state index in [1.807, 2.05) is 0 Å². The van der Waals surface area contributed by atoms with E-state index in [4.69, 9.17) is 0 Å². The minimum atomic E-state index is -0.844. The fourth-order valence-electron chi connectivity index (χ4n) is 3.91. The van der Waals surface area contributed by atoms with Crippen LogP contribution in [0.15, 0.2) is 0 Å². The summed E-state index contributed by atoms with van der Waals surface area (Å²) >= 11 is 0. The Kier molecular flexibility index (Phi) is 4.16. The summed E-state index contributed by atoms with van der Waals surface area (Å²) in [6.07, 6.45) is 6.40. The molecule has 0 aromatic heterocycles. The fraction of sp³-hybridized carbons (Fsp3) is 0.867. The lowest BCUT2D eigenvalue weighted by Gasteiger charge is -2.35. The number of rotatable bonds is 4.